The van der Waals surface area contributed by atoms with Gasteiger partial charge < -0.3 is 0 Å². The van der Waals surface area contributed by atoms with Gasteiger partial charge in [0.1, 0.15) is 0 Å². The van der Waals surface area contributed by atoms with Crippen LogP contribution in [0.1, 0.15) is 11.1 Å². The van der Waals surface area contributed by atoms with Gasteiger partial charge in [-0.2, -0.15) is 0 Å². The lowest BCUT2D eigenvalue weighted by atomic mass is 10.1. The highest BCUT2D eigenvalue weighted by Crippen LogP contribution is 2.19. The molecule has 1 radical (unpaired) electrons. The van der Waals surface area contributed by atoms with Gasteiger partial charge >= 0.3 is 6.41 Å². The van der Waals surface area contributed by atoms with Crippen LogP contribution in [0.15, 0.2) is 54.6 Å². The number of hydrogen-bond donors (Lipinski definition) is 0. The van der Waals surface area contributed by atoms with Crippen LogP contribution in [0.2, 0.25) is 0 Å². The zero-order valence-corrected chi connectivity index (χ0v) is 9.76. The van der Waals surface area contributed by atoms with Crippen molar-refractivity contribution in [2.45, 2.75) is 13.5 Å². The van der Waals surface area contributed by atoms with E-state index < -0.39 is 0 Å². The molecule has 0 aliphatic rings. The zero-order valence-electron chi connectivity index (χ0n) is 9.76. The van der Waals surface area contributed by atoms with Gasteiger partial charge in [0.2, 0.25) is 0 Å². The fraction of sp³-hybridized carbons (Fsp3) is 0.133. The molecule has 0 bridgehead atoms. The van der Waals surface area contributed by atoms with E-state index in [0.717, 1.165) is 16.8 Å². The normalized spacial score (nSPS) is 9.94. The number of benzene rings is 2. The van der Waals surface area contributed by atoms with Gasteiger partial charge in [-0.1, -0.05) is 48.5 Å². The summed E-state index contributed by atoms with van der Waals surface area (Å²) >= 11 is 0. The molecular weight excluding hydrogens is 210 g/mol. The molecule has 2 aromatic carbocycles. The largest absolute Gasteiger partial charge is 0.317 e. The molecule has 2 rings (SSSR count). The van der Waals surface area contributed by atoms with Gasteiger partial charge in [-0.3, -0.25) is 9.69 Å². The average Bonchev–Trinajstić information content (AvgIpc) is 2.38. The van der Waals surface area contributed by atoms with E-state index in [9.17, 15) is 4.79 Å². The highest BCUT2D eigenvalue weighted by molar-refractivity contribution is 5.77. The van der Waals surface area contributed by atoms with Gasteiger partial charge in [-0.05, 0) is 24.1 Å². The summed E-state index contributed by atoms with van der Waals surface area (Å²) in [7, 11) is 0. The van der Waals surface area contributed by atoms with Crippen molar-refractivity contribution in [1.82, 2.24) is 0 Å². The van der Waals surface area contributed by atoms with Gasteiger partial charge in [0, 0.05) is 5.69 Å². The van der Waals surface area contributed by atoms with E-state index in [1.54, 1.807) is 4.90 Å². The third-order valence-corrected chi connectivity index (χ3v) is 2.70. The van der Waals surface area contributed by atoms with Crippen molar-refractivity contribution >= 4 is 12.1 Å². The lowest BCUT2D eigenvalue weighted by Crippen LogP contribution is -2.21. The first-order valence-corrected chi connectivity index (χ1v) is 5.56. The molecule has 85 valence electrons. The second-order valence-electron chi connectivity index (χ2n) is 3.95. The molecule has 0 atom stereocenters. The number of carbonyl (C=O) groups excluding carboxylic acids is 1. The van der Waals surface area contributed by atoms with Crippen LogP contribution in [0.3, 0.4) is 0 Å². The molecule has 0 heterocycles. The second kappa shape index (κ2) is 5.30. The lowest BCUT2D eigenvalue weighted by molar-refractivity contribution is 0.550. The van der Waals surface area contributed by atoms with Crippen LogP contribution in [0, 0.1) is 6.92 Å². The maximum Gasteiger partial charge on any atom is 0.317 e. The predicted molar refractivity (Wildman–Crippen MR) is 69.5 cm³/mol. The zero-order chi connectivity index (χ0) is 12.1. The minimum atomic E-state index is 0.551. The predicted octanol–water partition coefficient (Wildman–Crippen LogP) is 3.07. The van der Waals surface area contributed by atoms with Gasteiger partial charge in [-0.25, -0.2) is 0 Å². The van der Waals surface area contributed by atoms with Gasteiger partial charge in [0.25, 0.3) is 0 Å². The van der Waals surface area contributed by atoms with Crippen molar-refractivity contribution < 1.29 is 4.79 Å². The molecule has 0 N–H and O–H groups in total. The van der Waals surface area contributed by atoms with Crippen LogP contribution in [-0.4, -0.2) is 6.41 Å². The number of amides is 1. The Morgan fingerprint density at radius 1 is 1.00 bits per heavy atom. The molecule has 17 heavy (non-hydrogen) atoms. The fourth-order valence-corrected chi connectivity index (χ4v) is 1.80. The Morgan fingerprint density at radius 3 is 2.29 bits per heavy atom. The van der Waals surface area contributed by atoms with Gasteiger partial charge in [0.15, 0.2) is 0 Å². The van der Waals surface area contributed by atoms with Crippen molar-refractivity contribution in [2.75, 3.05) is 4.90 Å². The number of rotatable bonds is 4. The van der Waals surface area contributed by atoms with E-state index in [1.807, 2.05) is 67.9 Å². The number of hydrogen-bond acceptors (Lipinski definition) is 1. The molecule has 0 fully saturated rings. The van der Waals surface area contributed by atoms with Crippen LogP contribution >= 0.6 is 0 Å². The Bertz CT molecular complexity index is 493. The Labute approximate surface area is 102 Å². The fourth-order valence-electron chi connectivity index (χ4n) is 1.80. The summed E-state index contributed by atoms with van der Waals surface area (Å²) in [6.07, 6.45) is 1.99. The second-order valence-corrected chi connectivity index (χ2v) is 3.95. The first kappa shape index (κ1) is 11.4. The smallest absolute Gasteiger partial charge is 0.299 e. The highest BCUT2D eigenvalue weighted by Gasteiger charge is 2.08. The van der Waals surface area contributed by atoms with Crippen LogP contribution in [0.5, 0.6) is 0 Å². The van der Waals surface area contributed by atoms with E-state index in [2.05, 4.69) is 0 Å². The maximum absolute atomic E-state index is 11.1. The van der Waals surface area contributed by atoms with Crippen molar-refractivity contribution in [2.24, 2.45) is 0 Å². The van der Waals surface area contributed by atoms with Crippen molar-refractivity contribution in [3.05, 3.63) is 65.7 Å². The van der Waals surface area contributed by atoms with E-state index in [-0.39, 0.29) is 0 Å². The van der Waals surface area contributed by atoms with Crippen LogP contribution in [-0.2, 0) is 11.3 Å². The van der Waals surface area contributed by atoms with Crippen LogP contribution in [0.4, 0.5) is 5.69 Å². The summed E-state index contributed by atoms with van der Waals surface area (Å²) in [6, 6.07) is 17.7. The molecule has 0 aliphatic carbocycles. The van der Waals surface area contributed by atoms with Crippen molar-refractivity contribution in [1.29, 1.82) is 0 Å². The van der Waals surface area contributed by atoms with Gasteiger partial charge in [-0.15, -0.1) is 0 Å². The van der Waals surface area contributed by atoms with Crippen LogP contribution < -0.4 is 4.90 Å². The van der Waals surface area contributed by atoms with Crippen LogP contribution in [0.25, 0.3) is 0 Å². The molecule has 2 aromatic rings. The summed E-state index contributed by atoms with van der Waals surface area (Å²) in [6.45, 7) is 2.54. The highest BCUT2D eigenvalue weighted by atomic mass is 16.1. The average molecular weight is 224 g/mol. The SMILES string of the molecule is Cc1ccccc1N([C]=O)Cc1ccccc1. The number of nitrogens with zero attached hydrogens (tertiary/aromatic N) is 1. The quantitative estimate of drug-likeness (QED) is 0.731. The molecule has 0 spiro atoms. The van der Waals surface area contributed by atoms with Crippen molar-refractivity contribution in [3.63, 3.8) is 0 Å². The Morgan fingerprint density at radius 2 is 1.65 bits per heavy atom. The summed E-state index contributed by atoms with van der Waals surface area (Å²) in [5.74, 6) is 0. The number of anilines is 1. The summed E-state index contributed by atoms with van der Waals surface area (Å²) in [4.78, 5) is 12.7. The molecule has 0 saturated carbocycles. The maximum atomic E-state index is 11.1. The summed E-state index contributed by atoms with van der Waals surface area (Å²) in [5.41, 5.74) is 3.08. The molecule has 0 unspecified atom stereocenters. The molecule has 0 aromatic heterocycles. The molecule has 2 nitrogen and oxygen atoms in total. The Hall–Kier alpha value is -2.09. The Kier molecular flexibility index (Phi) is 3.55. The first-order valence-electron chi connectivity index (χ1n) is 5.56. The standard InChI is InChI=1S/C15H14NO/c1-13-7-5-6-10-15(13)16(12-17)11-14-8-3-2-4-9-14/h2-10H,11H2,1H3. The molecule has 0 saturated heterocycles. The van der Waals surface area contributed by atoms with E-state index in [0.29, 0.717) is 6.54 Å². The van der Waals surface area contributed by atoms with E-state index in [4.69, 9.17) is 0 Å². The first-order chi connectivity index (χ1) is 8.31. The molecular formula is C15H14NO. The number of para-hydroxylation sites is 1. The monoisotopic (exact) mass is 224 g/mol. The topological polar surface area (TPSA) is 20.3 Å². The summed E-state index contributed by atoms with van der Waals surface area (Å²) < 4.78 is 0. The van der Waals surface area contributed by atoms with E-state index in [1.165, 1.54) is 0 Å². The summed E-state index contributed by atoms with van der Waals surface area (Å²) in [5, 5.41) is 0. The van der Waals surface area contributed by atoms with Crippen molar-refractivity contribution in [3.8, 4) is 0 Å². The third-order valence-electron chi connectivity index (χ3n) is 2.70. The molecule has 1 amide bonds. The minimum absolute atomic E-state index is 0.551. The minimum Gasteiger partial charge on any atom is -0.299 e. The molecule has 2 heteroatoms. The third kappa shape index (κ3) is 2.72. The molecule has 0 aliphatic heterocycles. The van der Waals surface area contributed by atoms with E-state index >= 15 is 0 Å². The van der Waals surface area contributed by atoms with Gasteiger partial charge in [0.05, 0.1) is 6.54 Å². The number of aryl methyl sites for hydroxylation is 1. The lowest BCUT2D eigenvalue weighted by Gasteiger charge is -2.18. The Balaban J connectivity index is 2.24.